The standard InChI is InChI=1S/C144H222/c1-7-13-19-25-31-37-43-49-115-55-85-127(86-56-115)133-97-67-121(68-98-133)79-109-139-140(110-80-122-69-99-134(100-70-122)128-87-57-116(58-88-128)50-44-38-32-26-20-14-8-2)142(112-82-124-73-103-136(104-74-124)130-91-61-118(62-92-130)52-46-40-34-28-22-16-10-4)144(114-84-126-77-107-138(108-78-126)132-95-65-120(66-96-132)54-48-42-36-30-24-18-12-6)143(113-83-125-75-105-137(106-76-125)131-93-63-119(64-94-131)53-47-41-35-29-23-17-11-5)141(139)111-81-123-71-101-135(102-72-123)129-89-59-117(60-90-129)51-45-39-33-27-21-15-9-3/h67-78,97-108,115-120,127-132H,7-66,79-96,109-114H2,1-6H3. The number of hydrogen-bond acceptors (Lipinski definition) is 0. The van der Waals surface area contributed by atoms with Crippen LogP contribution in [0.3, 0.4) is 0 Å². The van der Waals surface area contributed by atoms with Crippen LogP contribution in [0, 0.1) is 35.5 Å². The molecule has 0 aliphatic heterocycles. The third-order valence-electron chi connectivity index (χ3n) is 39.3. The van der Waals surface area contributed by atoms with Crippen molar-refractivity contribution in [2.24, 2.45) is 35.5 Å². The molecule has 6 aliphatic rings. The van der Waals surface area contributed by atoms with Crippen molar-refractivity contribution in [2.75, 3.05) is 0 Å². The van der Waals surface area contributed by atoms with Crippen molar-refractivity contribution >= 4 is 0 Å². The summed E-state index contributed by atoms with van der Waals surface area (Å²) in [7, 11) is 0. The SMILES string of the molecule is CCCCCCCCCC1CCC(c2ccc(CCc3c(CCc4ccc(C5CCC(CCCCCCCCC)CC5)cc4)c(CCc4ccc(C5CCC(CCCCCCCCC)CC5)cc4)c(CCc4ccc(C5CCC(CCCCCCCCC)CC5)cc4)c(CCc4ccc(C5CCC(CCCCCCCCC)CC5)cc4)c3CCc3ccc(C4CCC(CCCCCCCCC)CC4)cc3)cc2)CC1. The van der Waals surface area contributed by atoms with Crippen LogP contribution in [0.5, 0.6) is 0 Å². The Kier molecular flexibility index (Phi) is 55.5. The molecule has 0 atom stereocenters. The number of benzene rings is 7. The second-order valence-electron chi connectivity index (χ2n) is 50.1. The maximum absolute atomic E-state index is 2.64. The molecular formula is C144H222. The summed E-state index contributed by atoms with van der Waals surface area (Å²) >= 11 is 0. The molecule has 0 saturated heterocycles. The minimum Gasteiger partial charge on any atom is -0.0654 e. The summed E-state index contributed by atoms with van der Waals surface area (Å²) in [4.78, 5) is 0. The van der Waals surface area contributed by atoms with Crippen LogP contribution in [0.4, 0.5) is 0 Å². The predicted octanol–water partition coefficient (Wildman–Crippen LogP) is 44.9. The van der Waals surface area contributed by atoms with Crippen molar-refractivity contribution < 1.29 is 0 Å². The number of aryl methyl sites for hydroxylation is 6. The first kappa shape index (κ1) is 116. The highest BCUT2D eigenvalue weighted by Crippen LogP contribution is 2.47. The van der Waals surface area contributed by atoms with Gasteiger partial charge in [0.1, 0.15) is 0 Å². The molecule has 7 aromatic carbocycles. The molecule has 6 fully saturated rings. The largest absolute Gasteiger partial charge is 0.0654 e. The molecule has 0 radical (unpaired) electrons. The van der Waals surface area contributed by atoms with Gasteiger partial charge in [-0.2, -0.15) is 0 Å². The second kappa shape index (κ2) is 69.2. The second-order valence-corrected chi connectivity index (χ2v) is 50.1. The van der Waals surface area contributed by atoms with E-state index in [0.717, 1.165) is 113 Å². The van der Waals surface area contributed by atoms with Crippen LogP contribution in [0.2, 0.25) is 0 Å². The molecular weight excluding hydrogens is 1730 g/mol. The van der Waals surface area contributed by atoms with Gasteiger partial charge in [0.25, 0.3) is 0 Å². The van der Waals surface area contributed by atoms with Gasteiger partial charge in [-0.3, -0.25) is 0 Å². The van der Waals surface area contributed by atoms with E-state index in [1.54, 1.807) is 100 Å². The minimum atomic E-state index is 0.704. The van der Waals surface area contributed by atoms with Gasteiger partial charge in [-0.25, -0.2) is 0 Å². The molecule has 0 N–H and O–H groups in total. The van der Waals surface area contributed by atoms with Gasteiger partial charge in [-0.05, 0) is 402 Å². The Morgan fingerprint density at radius 2 is 0.236 bits per heavy atom. The lowest BCUT2D eigenvalue weighted by atomic mass is 9.75. The van der Waals surface area contributed by atoms with Crippen LogP contribution < -0.4 is 0 Å². The van der Waals surface area contributed by atoms with Gasteiger partial charge in [0.05, 0.1) is 0 Å². The monoisotopic (exact) mass is 1950 g/mol. The first-order valence-electron chi connectivity index (χ1n) is 64.9. The molecule has 0 amide bonds. The lowest BCUT2D eigenvalue weighted by Gasteiger charge is -2.30. The van der Waals surface area contributed by atoms with Gasteiger partial charge >= 0.3 is 0 Å². The summed E-state index contributed by atoms with van der Waals surface area (Å²) in [5.41, 5.74) is 29.5. The Morgan fingerprint density at radius 3 is 0.354 bits per heavy atom. The summed E-state index contributed by atoms with van der Waals surface area (Å²) in [6, 6.07) is 63.3. The Balaban J connectivity index is 0.850. The highest BCUT2D eigenvalue weighted by atomic mass is 14.4. The van der Waals surface area contributed by atoms with Crippen molar-refractivity contribution in [1.82, 2.24) is 0 Å². The first-order valence-corrected chi connectivity index (χ1v) is 64.9. The zero-order chi connectivity index (χ0) is 99.7. The van der Waals surface area contributed by atoms with E-state index >= 15 is 0 Å². The van der Waals surface area contributed by atoms with Crippen LogP contribution >= 0.6 is 0 Å². The Hall–Kier alpha value is -5.46. The molecule has 0 aromatic heterocycles. The zero-order valence-electron chi connectivity index (χ0n) is 95.2. The van der Waals surface area contributed by atoms with E-state index in [4.69, 9.17) is 0 Å². The van der Waals surface area contributed by atoms with Crippen molar-refractivity contribution in [1.29, 1.82) is 0 Å². The molecule has 0 spiro atoms. The van der Waals surface area contributed by atoms with Gasteiger partial charge < -0.3 is 0 Å². The first-order chi connectivity index (χ1) is 71.2. The lowest BCUT2D eigenvalue weighted by molar-refractivity contribution is 0.301. The predicted molar refractivity (Wildman–Crippen MR) is 633 cm³/mol. The molecule has 7 aromatic rings. The van der Waals surface area contributed by atoms with Gasteiger partial charge in [0.2, 0.25) is 0 Å². The van der Waals surface area contributed by atoms with Crippen molar-refractivity contribution in [2.45, 2.75) is 616 Å². The maximum atomic E-state index is 2.64. The van der Waals surface area contributed by atoms with Crippen LogP contribution in [0.1, 0.15) is 639 Å². The third-order valence-corrected chi connectivity index (χ3v) is 39.3. The average Bonchev–Trinajstić information content (AvgIpc) is 0.757. The van der Waals surface area contributed by atoms with E-state index in [2.05, 4.69) is 187 Å². The topological polar surface area (TPSA) is 0 Å². The average molecular weight is 1950 g/mol. The fourth-order valence-electron chi connectivity index (χ4n) is 29.3. The van der Waals surface area contributed by atoms with E-state index in [9.17, 15) is 0 Å². The molecule has 13 rings (SSSR count). The van der Waals surface area contributed by atoms with Gasteiger partial charge in [0, 0.05) is 0 Å². The van der Waals surface area contributed by atoms with E-state index in [1.165, 1.54) is 462 Å². The van der Waals surface area contributed by atoms with Crippen LogP contribution in [-0.2, 0) is 77.0 Å². The molecule has 6 saturated carbocycles. The molecule has 144 heavy (non-hydrogen) atoms. The normalized spacial score (nSPS) is 21.7. The fourth-order valence-corrected chi connectivity index (χ4v) is 29.3. The van der Waals surface area contributed by atoms with Crippen LogP contribution in [-0.4, -0.2) is 0 Å². The quantitative estimate of drug-likeness (QED) is 0.0333. The number of hydrogen-bond donors (Lipinski definition) is 0. The summed E-state index contributed by atoms with van der Waals surface area (Å²) in [6.07, 6.45) is 115. The molecule has 0 heterocycles. The fraction of sp³-hybridized carbons (Fsp3) is 0.708. The molecule has 6 aliphatic carbocycles. The smallest absolute Gasteiger partial charge is 0.0162 e. The van der Waals surface area contributed by atoms with Gasteiger partial charge in [0.15, 0.2) is 0 Å². The summed E-state index contributed by atoms with van der Waals surface area (Å²) in [6.45, 7) is 14.1. The van der Waals surface area contributed by atoms with Crippen LogP contribution in [0.15, 0.2) is 146 Å². The molecule has 798 valence electrons. The number of unbranched alkanes of at least 4 members (excludes halogenated alkanes) is 36. The molecule has 0 heteroatoms. The Labute approximate surface area is 891 Å². The third kappa shape index (κ3) is 41.3. The zero-order valence-corrected chi connectivity index (χ0v) is 95.2. The van der Waals surface area contributed by atoms with Gasteiger partial charge in [-0.15, -0.1) is 0 Å². The van der Waals surface area contributed by atoms with E-state index < -0.39 is 0 Å². The molecule has 0 nitrogen and oxygen atoms in total. The molecule has 0 bridgehead atoms. The van der Waals surface area contributed by atoms with E-state index in [1.807, 2.05) is 0 Å². The minimum absolute atomic E-state index is 0.704. The molecule has 0 unspecified atom stereocenters. The van der Waals surface area contributed by atoms with Crippen molar-refractivity contribution in [3.63, 3.8) is 0 Å². The highest BCUT2D eigenvalue weighted by molar-refractivity contribution is 5.55. The van der Waals surface area contributed by atoms with Crippen molar-refractivity contribution in [3.8, 4) is 0 Å². The highest BCUT2D eigenvalue weighted by Gasteiger charge is 2.32. The summed E-state index contributed by atoms with van der Waals surface area (Å²) < 4.78 is 0. The van der Waals surface area contributed by atoms with Crippen molar-refractivity contribution in [3.05, 3.63) is 246 Å². The Morgan fingerprint density at radius 1 is 0.125 bits per heavy atom. The summed E-state index contributed by atoms with van der Waals surface area (Å²) in [5, 5.41) is 0. The maximum Gasteiger partial charge on any atom is -0.0162 e. The number of rotatable bonds is 72. The van der Waals surface area contributed by atoms with Gasteiger partial charge in [-0.1, -0.05) is 495 Å². The van der Waals surface area contributed by atoms with Crippen LogP contribution in [0.25, 0.3) is 0 Å². The lowest BCUT2D eigenvalue weighted by Crippen LogP contribution is -2.18. The summed E-state index contributed by atoms with van der Waals surface area (Å²) in [5.74, 6) is 9.82. The van der Waals surface area contributed by atoms with E-state index in [0.29, 0.717) is 35.5 Å². The Bertz CT molecular complexity index is 3610. The van der Waals surface area contributed by atoms with E-state index in [-0.39, 0.29) is 0 Å².